The van der Waals surface area contributed by atoms with Gasteiger partial charge >= 0.3 is 0 Å². The lowest BCUT2D eigenvalue weighted by atomic mass is 10.1. The molecule has 1 aromatic carbocycles. The molecule has 0 unspecified atom stereocenters. The molecule has 2 aromatic rings. The number of anilines is 1. The second-order valence-corrected chi connectivity index (χ2v) is 10.0. The zero-order chi connectivity index (χ0) is 21.4. The van der Waals surface area contributed by atoms with Crippen LogP contribution in [0.2, 0.25) is 0 Å². The minimum atomic E-state index is -3.79. The molecule has 3 rings (SSSR count). The van der Waals surface area contributed by atoms with E-state index in [9.17, 15) is 13.2 Å². The Balaban J connectivity index is 0.00000240. The predicted molar refractivity (Wildman–Crippen MR) is 127 cm³/mol. The van der Waals surface area contributed by atoms with E-state index in [1.165, 1.54) is 6.07 Å². The van der Waals surface area contributed by atoms with E-state index in [0.29, 0.717) is 36.5 Å². The monoisotopic (exact) mass is 490 g/mol. The topological polar surface area (TPSA) is 107 Å². The third kappa shape index (κ3) is 5.61. The predicted octanol–water partition coefficient (Wildman–Crippen LogP) is 3.77. The van der Waals surface area contributed by atoms with Crippen LogP contribution in [0.4, 0.5) is 5.69 Å². The number of benzene rings is 1. The number of halogens is 2. The van der Waals surface area contributed by atoms with Gasteiger partial charge in [-0.15, -0.1) is 24.8 Å². The van der Waals surface area contributed by atoms with E-state index in [0.717, 1.165) is 12.8 Å². The minimum Gasteiger partial charge on any atom is -0.326 e. The van der Waals surface area contributed by atoms with Gasteiger partial charge in [-0.2, -0.15) is 5.10 Å². The summed E-state index contributed by atoms with van der Waals surface area (Å²) >= 11 is 0. The fraction of sp³-hybridized carbons (Fsp3) is 0.524. The van der Waals surface area contributed by atoms with Crippen molar-refractivity contribution >= 4 is 46.2 Å². The zero-order valence-corrected chi connectivity index (χ0v) is 20.8. The summed E-state index contributed by atoms with van der Waals surface area (Å²) in [6, 6.07) is 6.32. The molecule has 10 heteroatoms. The van der Waals surface area contributed by atoms with Gasteiger partial charge in [0.25, 0.3) is 0 Å². The lowest BCUT2D eigenvalue weighted by Crippen LogP contribution is -2.24. The summed E-state index contributed by atoms with van der Waals surface area (Å²) in [6.07, 6.45) is 2.75. The van der Waals surface area contributed by atoms with Crippen LogP contribution in [0.15, 0.2) is 34.1 Å². The fourth-order valence-corrected chi connectivity index (χ4v) is 5.23. The SMILES string of the molecule is CCc1nn(C[C@H](C)N)c(CC)c1S(=O)(=O)c1cccc(NC(=O)C2(C)CC2)c1.Cl.Cl. The number of sulfone groups is 1. The third-order valence-electron chi connectivity index (χ3n) is 5.43. The van der Waals surface area contributed by atoms with Gasteiger partial charge in [-0.3, -0.25) is 9.48 Å². The van der Waals surface area contributed by atoms with Gasteiger partial charge in [-0.1, -0.05) is 26.8 Å². The number of hydrogen-bond acceptors (Lipinski definition) is 5. The van der Waals surface area contributed by atoms with Crippen molar-refractivity contribution in [1.82, 2.24) is 9.78 Å². The number of nitrogens with zero attached hydrogens (tertiary/aromatic N) is 2. The Morgan fingerprint density at radius 3 is 2.42 bits per heavy atom. The van der Waals surface area contributed by atoms with Crippen molar-refractivity contribution in [3.8, 4) is 0 Å². The number of amides is 1. The first-order valence-electron chi connectivity index (χ1n) is 10.1. The summed E-state index contributed by atoms with van der Waals surface area (Å²) in [4.78, 5) is 12.8. The number of aromatic nitrogens is 2. The molecule has 1 aromatic heterocycles. The largest absolute Gasteiger partial charge is 0.326 e. The first kappa shape index (κ1) is 27.4. The van der Waals surface area contributed by atoms with E-state index in [1.807, 2.05) is 27.7 Å². The minimum absolute atomic E-state index is 0. The molecular weight excluding hydrogens is 459 g/mol. The lowest BCUT2D eigenvalue weighted by Gasteiger charge is -2.13. The first-order chi connectivity index (χ1) is 13.6. The number of nitrogens with two attached hydrogens (primary N) is 1. The van der Waals surface area contributed by atoms with Crippen LogP contribution in [-0.2, 0) is 34.0 Å². The van der Waals surface area contributed by atoms with Gasteiger partial charge < -0.3 is 11.1 Å². The highest BCUT2D eigenvalue weighted by molar-refractivity contribution is 7.91. The molecular formula is C21H32Cl2N4O3S. The summed E-state index contributed by atoms with van der Waals surface area (Å²) in [5, 5.41) is 7.39. The average molecular weight is 491 g/mol. The van der Waals surface area contributed by atoms with Gasteiger partial charge in [-0.05, 0) is 50.8 Å². The van der Waals surface area contributed by atoms with Crippen LogP contribution in [0.3, 0.4) is 0 Å². The molecule has 1 aliphatic carbocycles. The van der Waals surface area contributed by atoms with Crippen LogP contribution in [0, 0.1) is 5.41 Å². The highest BCUT2D eigenvalue weighted by Crippen LogP contribution is 2.45. The Kier molecular flexibility index (Phi) is 9.15. The number of nitrogens with one attached hydrogen (secondary N) is 1. The number of aryl methyl sites for hydroxylation is 1. The van der Waals surface area contributed by atoms with Crippen molar-refractivity contribution in [1.29, 1.82) is 0 Å². The van der Waals surface area contributed by atoms with Crippen molar-refractivity contribution in [2.45, 2.75) is 75.8 Å². The Labute approximate surface area is 196 Å². The second kappa shape index (κ2) is 10.3. The summed E-state index contributed by atoms with van der Waals surface area (Å²) in [5.41, 5.74) is 7.29. The van der Waals surface area contributed by atoms with Gasteiger partial charge in [0.15, 0.2) is 0 Å². The molecule has 31 heavy (non-hydrogen) atoms. The van der Waals surface area contributed by atoms with E-state index >= 15 is 0 Å². The highest BCUT2D eigenvalue weighted by atomic mass is 35.5. The van der Waals surface area contributed by atoms with Crippen molar-refractivity contribution in [3.05, 3.63) is 35.7 Å². The number of hydrogen-bond donors (Lipinski definition) is 2. The molecule has 1 heterocycles. The zero-order valence-electron chi connectivity index (χ0n) is 18.3. The van der Waals surface area contributed by atoms with Crippen LogP contribution < -0.4 is 11.1 Å². The molecule has 3 N–H and O–H groups in total. The average Bonchev–Trinajstić information content (AvgIpc) is 3.32. The molecule has 1 amide bonds. The molecule has 1 fully saturated rings. The number of rotatable bonds is 8. The quantitative estimate of drug-likeness (QED) is 0.585. The standard InChI is InChI=1S/C21H30N4O3S.2ClH/c1-5-17-19(18(6-2)25(24-17)13-14(3)22)29(27,28)16-9-7-8-15(12-16)23-20(26)21(4)10-11-21;;/h7-9,12,14H,5-6,10-11,13,22H2,1-4H3,(H,23,26);2*1H/t14-;;/m0../s1. The summed E-state index contributed by atoms with van der Waals surface area (Å²) in [7, 11) is -3.79. The first-order valence-corrected chi connectivity index (χ1v) is 11.6. The molecule has 1 aliphatic rings. The number of carbonyl (C=O) groups excluding carboxylic acids is 1. The van der Waals surface area contributed by atoms with E-state index in [2.05, 4.69) is 10.4 Å². The van der Waals surface area contributed by atoms with Crippen LogP contribution in [-0.4, -0.2) is 30.1 Å². The summed E-state index contributed by atoms with van der Waals surface area (Å²) < 4.78 is 28.8. The van der Waals surface area contributed by atoms with E-state index in [4.69, 9.17) is 5.73 Å². The second-order valence-electron chi connectivity index (χ2n) is 8.14. The maximum atomic E-state index is 13.5. The van der Waals surface area contributed by atoms with Crippen molar-refractivity contribution < 1.29 is 13.2 Å². The molecule has 0 spiro atoms. The Bertz CT molecular complexity index is 1030. The van der Waals surface area contributed by atoms with Crippen LogP contribution >= 0.6 is 24.8 Å². The summed E-state index contributed by atoms with van der Waals surface area (Å²) in [6.45, 7) is 8.05. The fourth-order valence-electron chi connectivity index (χ4n) is 3.40. The smallest absolute Gasteiger partial charge is 0.230 e. The lowest BCUT2D eigenvalue weighted by molar-refractivity contribution is -0.120. The Hall–Kier alpha value is -1.61. The Morgan fingerprint density at radius 1 is 1.26 bits per heavy atom. The highest BCUT2D eigenvalue weighted by Gasteiger charge is 2.44. The van der Waals surface area contributed by atoms with Crippen molar-refractivity contribution in [2.24, 2.45) is 11.1 Å². The third-order valence-corrected chi connectivity index (χ3v) is 7.31. The van der Waals surface area contributed by atoms with Gasteiger partial charge in [0, 0.05) is 17.1 Å². The number of carbonyl (C=O) groups is 1. The van der Waals surface area contributed by atoms with Crippen molar-refractivity contribution in [2.75, 3.05) is 5.32 Å². The van der Waals surface area contributed by atoms with E-state index in [1.54, 1.807) is 22.9 Å². The van der Waals surface area contributed by atoms with Gasteiger partial charge in [0.1, 0.15) is 4.90 Å². The Morgan fingerprint density at radius 2 is 1.90 bits per heavy atom. The normalized spacial score (nSPS) is 15.4. The maximum absolute atomic E-state index is 13.5. The molecule has 0 bridgehead atoms. The van der Waals surface area contributed by atoms with Gasteiger partial charge in [-0.25, -0.2) is 8.42 Å². The molecule has 7 nitrogen and oxygen atoms in total. The van der Waals surface area contributed by atoms with Gasteiger partial charge in [0.2, 0.25) is 15.7 Å². The van der Waals surface area contributed by atoms with Crippen molar-refractivity contribution in [3.63, 3.8) is 0 Å². The van der Waals surface area contributed by atoms with E-state index in [-0.39, 0.29) is 52.0 Å². The molecule has 0 saturated heterocycles. The molecule has 0 aliphatic heterocycles. The molecule has 0 radical (unpaired) electrons. The molecule has 1 atom stereocenters. The van der Waals surface area contributed by atoms with Crippen LogP contribution in [0.1, 0.15) is 51.9 Å². The molecule has 174 valence electrons. The van der Waals surface area contributed by atoms with Crippen LogP contribution in [0.25, 0.3) is 0 Å². The maximum Gasteiger partial charge on any atom is 0.230 e. The molecule has 1 saturated carbocycles. The van der Waals surface area contributed by atoms with Crippen LogP contribution in [0.5, 0.6) is 0 Å². The summed E-state index contributed by atoms with van der Waals surface area (Å²) in [5.74, 6) is -0.0692. The van der Waals surface area contributed by atoms with E-state index < -0.39 is 9.84 Å². The van der Waals surface area contributed by atoms with Gasteiger partial charge in [0.05, 0.1) is 22.8 Å².